The number of imide groups is 1. The predicted molar refractivity (Wildman–Crippen MR) is 130 cm³/mol. The van der Waals surface area contributed by atoms with Crippen LogP contribution in [0.15, 0.2) is 72.8 Å². The molecule has 180 valence electrons. The molecule has 2 fully saturated rings. The molecule has 2 amide bonds. The maximum absolute atomic E-state index is 14.1. The number of amides is 2. The van der Waals surface area contributed by atoms with E-state index in [-0.39, 0.29) is 16.8 Å². The number of carbonyl (C=O) groups excluding carboxylic acids is 4. The van der Waals surface area contributed by atoms with Crippen molar-refractivity contribution >= 4 is 29.1 Å². The minimum atomic E-state index is -2.09. The summed E-state index contributed by atoms with van der Waals surface area (Å²) in [6.45, 7) is 4.08. The fourth-order valence-electron chi connectivity index (χ4n) is 5.73. The number of Topliss-reactive ketones (excluding diaryl/α,β-unsaturated/α-hetero) is 2. The number of ketones is 2. The zero-order valence-electron chi connectivity index (χ0n) is 19.8. The van der Waals surface area contributed by atoms with Gasteiger partial charge in [-0.1, -0.05) is 66.2 Å². The van der Waals surface area contributed by atoms with Gasteiger partial charge in [0.1, 0.15) is 5.75 Å². The number of nitrogens with zero attached hydrogens (tertiary/aromatic N) is 1. The third-order valence-corrected chi connectivity index (χ3v) is 7.33. The molecular formula is C29H23NO6. The third-order valence-electron chi connectivity index (χ3n) is 7.33. The van der Waals surface area contributed by atoms with Crippen LogP contribution in [0.3, 0.4) is 0 Å². The van der Waals surface area contributed by atoms with Crippen molar-refractivity contribution in [1.29, 1.82) is 0 Å². The van der Waals surface area contributed by atoms with Gasteiger partial charge in [-0.2, -0.15) is 0 Å². The molecule has 0 aromatic heterocycles. The lowest BCUT2D eigenvalue weighted by molar-refractivity contribution is -0.127. The Hall–Kier alpha value is -4.10. The van der Waals surface area contributed by atoms with E-state index in [9.17, 15) is 19.2 Å². The topological polar surface area (TPSA) is 90.0 Å². The highest BCUT2D eigenvalue weighted by Gasteiger charge is 2.74. The summed E-state index contributed by atoms with van der Waals surface area (Å²) in [5.74, 6) is -4.27. The Morgan fingerprint density at radius 3 is 2.08 bits per heavy atom. The van der Waals surface area contributed by atoms with Gasteiger partial charge in [0.05, 0.1) is 30.2 Å². The Balaban J connectivity index is 1.54. The number of hydrogen-bond donors (Lipinski definition) is 0. The lowest BCUT2D eigenvalue weighted by atomic mass is 9.77. The Morgan fingerprint density at radius 1 is 0.833 bits per heavy atom. The fraction of sp³-hybridized carbons (Fsp3) is 0.241. The van der Waals surface area contributed by atoms with Gasteiger partial charge in [-0.05, 0) is 31.5 Å². The summed E-state index contributed by atoms with van der Waals surface area (Å²) in [5, 5.41) is 0. The van der Waals surface area contributed by atoms with Crippen molar-refractivity contribution in [2.75, 3.05) is 11.5 Å². The second kappa shape index (κ2) is 7.96. The molecule has 1 spiro atoms. The largest absolute Gasteiger partial charge is 0.492 e. The molecule has 7 nitrogen and oxygen atoms in total. The number of ether oxygens (including phenoxy) is 2. The number of benzene rings is 3. The third kappa shape index (κ3) is 2.83. The van der Waals surface area contributed by atoms with E-state index in [1.807, 2.05) is 38.1 Å². The van der Waals surface area contributed by atoms with Crippen LogP contribution in [0.4, 0.5) is 5.69 Å². The van der Waals surface area contributed by atoms with Crippen molar-refractivity contribution in [2.24, 2.45) is 11.8 Å². The first-order valence-electron chi connectivity index (χ1n) is 11.9. The van der Waals surface area contributed by atoms with Crippen LogP contribution >= 0.6 is 0 Å². The maximum atomic E-state index is 14.1. The van der Waals surface area contributed by atoms with Gasteiger partial charge < -0.3 is 9.47 Å². The zero-order valence-corrected chi connectivity index (χ0v) is 19.8. The Morgan fingerprint density at radius 2 is 1.44 bits per heavy atom. The highest BCUT2D eigenvalue weighted by atomic mass is 16.5. The molecule has 0 radical (unpaired) electrons. The molecule has 6 rings (SSSR count). The first-order valence-corrected chi connectivity index (χ1v) is 11.9. The van der Waals surface area contributed by atoms with E-state index >= 15 is 0 Å². The van der Waals surface area contributed by atoms with Gasteiger partial charge >= 0.3 is 0 Å². The number of para-hydroxylation sites is 2. The molecule has 36 heavy (non-hydrogen) atoms. The SMILES string of the molecule is CCOc1ccccc1N1C(=O)[C@H]2[C@@H](C1=O)C1(O[C@H]2c2ccc(C)cc2)C(=O)c2ccccc2C1=O. The van der Waals surface area contributed by atoms with Crippen LogP contribution < -0.4 is 9.64 Å². The van der Waals surface area contributed by atoms with E-state index in [4.69, 9.17) is 9.47 Å². The summed E-state index contributed by atoms with van der Waals surface area (Å²) in [4.78, 5) is 56.7. The first kappa shape index (κ1) is 22.4. The van der Waals surface area contributed by atoms with E-state index < -0.39 is 46.9 Å². The summed E-state index contributed by atoms with van der Waals surface area (Å²) < 4.78 is 12.0. The van der Waals surface area contributed by atoms with Crippen LogP contribution in [0.1, 0.15) is 44.9 Å². The molecule has 0 bridgehead atoms. The number of aryl methyl sites for hydroxylation is 1. The quantitative estimate of drug-likeness (QED) is 0.412. The second-order valence-corrected chi connectivity index (χ2v) is 9.30. The van der Waals surface area contributed by atoms with Crippen molar-refractivity contribution in [2.45, 2.75) is 25.6 Å². The Kier molecular flexibility index (Phi) is 4.95. The number of fused-ring (bicyclic) bond motifs is 3. The summed E-state index contributed by atoms with van der Waals surface area (Å²) in [5.41, 5.74) is 0.247. The standard InChI is InChI=1S/C29H23NO6/c1-3-35-21-11-7-6-10-20(21)30-27(33)22-23(28(30)34)29(36-24(22)17-14-12-16(2)13-15-17)25(31)18-8-4-5-9-19(18)26(29)32/h4-15,22-24H,3H2,1-2H3/t22-,23-,24-/m0/s1. The van der Waals surface area contributed by atoms with Crippen LogP contribution in [0.25, 0.3) is 0 Å². The van der Waals surface area contributed by atoms with Gasteiger partial charge in [0.15, 0.2) is 0 Å². The maximum Gasteiger partial charge on any atom is 0.241 e. The van der Waals surface area contributed by atoms with Crippen molar-refractivity contribution in [3.63, 3.8) is 0 Å². The van der Waals surface area contributed by atoms with Gasteiger partial charge in [-0.25, -0.2) is 4.90 Å². The molecule has 2 saturated heterocycles. The van der Waals surface area contributed by atoms with Gasteiger partial charge in [-0.15, -0.1) is 0 Å². The van der Waals surface area contributed by atoms with Gasteiger partial charge in [-0.3, -0.25) is 19.2 Å². The fourth-order valence-corrected chi connectivity index (χ4v) is 5.73. The molecule has 2 aliphatic heterocycles. The average Bonchev–Trinajstić information content (AvgIpc) is 3.45. The molecule has 3 aliphatic rings. The smallest absolute Gasteiger partial charge is 0.241 e. The minimum absolute atomic E-state index is 0.208. The molecule has 0 saturated carbocycles. The van der Waals surface area contributed by atoms with E-state index in [0.29, 0.717) is 17.9 Å². The van der Waals surface area contributed by atoms with Crippen molar-refractivity contribution < 1.29 is 28.7 Å². The zero-order chi connectivity index (χ0) is 25.2. The molecule has 3 aromatic carbocycles. The second-order valence-electron chi connectivity index (χ2n) is 9.30. The molecule has 7 heteroatoms. The van der Waals surface area contributed by atoms with Crippen LogP contribution in [0.5, 0.6) is 5.75 Å². The number of hydrogen-bond acceptors (Lipinski definition) is 6. The van der Waals surface area contributed by atoms with Crippen LogP contribution in [-0.4, -0.2) is 35.6 Å². The number of carbonyl (C=O) groups is 4. The average molecular weight is 482 g/mol. The Bertz CT molecular complexity index is 1410. The van der Waals surface area contributed by atoms with Crippen molar-refractivity contribution in [1.82, 2.24) is 0 Å². The highest BCUT2D eigenvalue weighted by molar-refractivity contribution is 6.37. The van der Waals surface area contributed by atoms with Gasteiger partial charge in [0.2, 0.25) is 29.0 Å². The molecule has 3 atom stereocenters. The summed E-state index contributed by atoms with van der Waals surface area (Å²) in [6.07, 6.45) is -0.946. The summed E-state index contributed by atoms with van der Waals surface area (Å²) >= 11 is 0. The molecular weight excluding hydrogens is 458 g/mol. The lowest BCUT2D eigenvalue weighted by Gasteiger charge is -2.27. The summed E-state index contributed by atoms with van der Waals surface area (Å²) in [7, 11) is 0. The van der Waals surface area contributed by atoms with Gasteiger partial charge in [0.25, 0.3) is 0 Å². The van der Waals surface area contributed by atoms with Crippen LogP contribution in [-0.2, 0) is 14.3 Å². The lowest BCUT2D eigenvalue weighted by Crippen LogP contribution is -2.51. The van der Waals surface area contributed by atoms with E-state index in [1.165, 1.54) is 0 Å². The number of anilines is 1. The molecule has 3 aromatic rings. The highest BCUT2D eigenvalue weighted by Crippen LogP contribution is 2.58. The molecule has 0 unspecified atom stereocenters. The molecule has 2 heterocycles. The predicted octanol–water partition coefficient (Wildman–Crippen LogP) is 4.09. The normalized spacial score (nSPS) is 23.9. The molecule has 0 N–H and O–H groups in total. The van der Waals surface area contributed by atoms with E-state index in [1.54, 1.807) is 48.5 Å². The number of rotatable bonds is 4. The minimum Gasteiger partial charge on any atom is -0.492 e. The summed E-state index contributed by atoms with van der Waals surface area (Å²) in [6, 6.07) is 20.6. The van der Waals surface area contributed by atoms with Gasteiger partial charge in [0, 0.05) is 11.1 Å². The first-order chi connectivity index (χ1) is 17.4. The van der Waals surface area contributed by atoms with E-state index in [2.05, 4.69) is 0 Å². The van der Waals surface area contributed by atoms with E-state index in [0.717, 1.165) is 10.5 Å². The molecule has 1 aliphatic carbocycles. The monoisotopic (exact) mass is 481 g/mol. The van der Waals surface area contributed by atoms with Crippen LogP contribution in [0, 0.1) is 18.8 Å². The van der Waals surface area contributed by atoms with Crippen molar-refractivity contribution in [3.8, 4) is 5.75 Å². The van der Waals surface area contributed by atoms with Crippen LogP contribution in [0.2, 0.25) is 0 Å². The Labute approximate surface area is 207 Å². The van der Waals surface area contributed by atoms with Crippen molar-refractivity contribution in [3.05, 3.63) is 95.1 Å².